The van der Waals surface area contributed by atoms with Gasteiger partial charge in [0.25, 0.3) is 5.95 Å². The first-order valence-electron chi connectivity index (χ1n) is 4.99. The van der Waals surface area contributed by atoms with Crippen molar-refractivity contribution in [3.63, 3.8) is 0 Å². The molecular weight excluding hydrogens is 202 g/mol. The number of rotatable bonds is 3. The summed E-state index contributed by atoms with van der Waals surface area (Å²) in [4.78, 5) is 4.32. The Balaban J connectivity index is 2.32. The van der Waals surface area contributed by atoms with Crippen molar-refractivity contribution < 1.29 is 0 Å². The van der Waals surface area contributed by atoms with Crippen molar-refractivity contribution >= 4 is 5.95 Å². The van der Waals surface area contributed by atoms with Crippen LogP contribution in [-0.4, -0.2) is 22.2 Å². The lowest BCUT2D eigenvalue weighted by atomic mass is 10.1. The van der Waals surface area contributed by atoms with Crippen LogP contribution in [0.1, 0.15) is 5.56 Å². The molecule has 0 bridgehead atoms. The second kappa shape index (κ2) is 4.67. The minimum atomic E-state index is 0.459. The fourth-order valence-electron chi connectivity index (χ4n) is 1.33. The smallest absolute Gasteiger partial charge is 0.257 e. The molecule has 0 unspecified atom stereocenters. The molecular formula is C11H13N5. The number of nitrogens with one attached hydrogen (secondary N) is 2. The number of hydrogen-bond acceptors (Lipinski definition) is 5. The van der Waals surface area contributed by atoms with Gasteiger partial charge in [0.1, 0.15) is 0 Å². The molecule has 0 aliphatic heterocycles. The summed E-state index contributed by atoms with van der Waals surface area (Å²) >= 11 is 0. The lowest BCUT2D eigenvalue weighted by Crippen LogP contribution is -2.17. The third kappa shape index (κ3) is 2.32. The van der Waals surface area contributed by atoms with Crippen molar-refractivity contribution in [3.05, 3.63) is 36.0 Å². The molecule has 1 heterocycles. The Morgan fingerprint density at radius 1 is 1.12 bits per heavy atom. The number of hydrogen-bond donors (Lipinski definition) is 2. The van der Waals surface area contributed by atoms with E-state index in [9.17, 15) is 0 Å². The summed E-state index contributed by atoms with van der Waals surface area (Å²) in [6.07, 6.45) is 1.64. The average molecular weight is 215 g/mol. The zero-order valence-electron chi connectivity index (χ0n) is 9.23. The molecule has 0 radical (unpaired) electrons. The van der Waals surface area contributed by atoms with Gasteiger partial charge in [-0.15, -0.1) is 5.10 Å². The lowest BCUT2D eigenvalue weighted by molar-refractivity contribution is 0.893. The SMILES string of the molecule is CNNc1nncc(-c2ccc(C)cc2)n1. The number of aromatic nitrogens is 3. The number of aryl methyl sites for hydroxylation is 1. The Labute approximate surface area is 93.9 Å². The van der Waals surface area contributed by atoms with Crippen molar-refractivity contribution in [2.75, 3.05) is 12.5 Å². The zero-order chi connectivity index (χ0) is 11.4. The number of nitrogens with zero attached hydrogens (tertiary/aromatic N) is 3. The normalized spacial score (nSPS) is 10.1. The van der Waals surface area contributed by atoms with Crippen LogP contribution in [0.3, 0.4) is 0 Å². The molecule has 0 aliphatic rings. The van der Waals surface area contributed by atoms with Gasteiger partial charge in [-0.25, -0.2) is 10.4 Å². The molecule has 2 rings (SSSR count). The molecule has 0 fully saturated rings. The maximum atomic E-state index is 4.32. The van der Waals surface area contributed by atoms with Crippen LogP contribution in [0.25, 0.3) is 11.3 Å². The Hall–Kier alpha value is -2.01. The van der Waals surface area contributed by atoms with Crippen LogP contribution in [0.2, 0.25) is 0 Å². The standard InChI is InChI=1S/C11H13N5/c1-8-3-5-9(6-4-8)10-7-13-16-11(14-10)15-12-2/h3-7,12H,1-2H3,(H,14,15,16). The van der Waals surface area contributed by atoms with Crippen LogP contribution in [0.4, 0.5) is 5.95 Å². The molecule has 16 heavy (non-hydrogen) atoms. The van der Waals surface area contributed by atoms with E-state index in [1.165, 1.54) is 5.56 Å². The van der Waals surface area contributed by atoms with Gasteiger partial charge < -0.3 is 0 Å². The van der Waals surface area contributed by atoms with Gasteiger partial charge in [-0.05, 0) is 6.92 Å². The summed E-state index contributed by atoms with van der Waals surface area (Å²) in [5.41, 5.74) is 8.60. The van der Waals surface area contributed by atoms with Gasteiger partial charge in [-0.2, -0.15) is 5.10 Å². The summed E-state index contributed by atoms with van der Waals surface area (Å²) in [7, 11) is 1.75. The highest BCUT2D eigenvalue weighted by Gasteiger charge is 2.01. The van der Waals surface area contributed by atoms with Gasteiger partial charge in [0.05, 0.1) is 11.9 Å². The number of benzene rings is 1. The summed E-state index contributed by atoms with van der Waals surface area (Å²) in [5, 5.41) is 7.72. The molecule has 0 saturated heterocycles. The van der Waals surface area contributed by atoms with Crippen molar-refractivity contribution in [1.82, 2.24) is 20.6 Å². The quantitative estimate of drug-likeness (QED) is 0.758. The fraction of sp³-hybridized carbons (Fsp3) is 0.182. The van der Waals surface area contributed by atoms with E-state index in [4.69, 9.17) is 0 Å². The first kappa shape index (κ1) is 10.5. The monoisotopic (exact) mass is 215 g/mol. The average Bonchev–Trinajstić information content (AvgIpc) is 2.31. The van der Waals surface area contributed by atoms with Gasteiger partial charge >= 0.3 is 0 Å². The third-order valence-corrected chi connectivity index (χ3v) is 2.14. The molecule has 5 heteroatoms. The van der Waals surface area contributed by atoms with Gasteiger partial charge in [0, 0.05) is 12.6 Å². The Morgan fingerprint density at radius 3 is 2.56 bits per heavy atom. The minimum Gasteiger partial charge on any atom is -0.289 e. The van der Waals surface area contributed by atoms with Crippen LogP contribution >= 0.6 is 0 Å². The maximum Gasteiger partial charge on any atom is 0.257 e. The van der Waals surface area contributed by atoms with Crippen LogP contribution in [0.15, 0.2) is 30.5 Å². The van der Waals surface area contributed by atoms with Gasteiger partial charge in [-0.3, -0.25) is 5.43 Å². The lowest BCUT2D eigenvalue weighted by Gasteiger charge is -2.04. The molecule has 0 amide bonds. The molecule has 1 aromatic heterocycles. The third-order valence-electron chi connectivity index (χ3n) is 2.14. The molecule has 2 aromatic rings. The predicted molar refractivity (Wildman–Crippen MR) is 62.7 cm³/mol. The Bertz CT molecular complexity index is 466. The summed E-state index contributed by atoms with van der Waals surface area (Å²) in [5.74, 6) is 0.459. The molecule has 2 N–H and O–H groups in total. The molecule has 0 atom stereocenters. The first-order valence-corrected chi connectivity index (χ1v) is 4.99. The second-order valence-electron chi connectivity index (χ2n) is 3.41. The largest absolute Gasteiger partial charge is 0.289 e. The molecule has 82 valence electrons. The summed E-state index contributed by atoms with van der Waals surface area (Å²) in [6, 6.07) is 8.12. The van der Waals surface area contributed by atoms with Crippen molar-refractivity contribution in [1.29, 1.82) is 0 Å². The van der Waals surface area contributed by atoms with E-state index < -0.39 is 0 Å². The molecule has 5 nitrogen and oxygen atoms in total. The fourth-order valence-corrected chi connectivity index (χ4v) is 1.33. The summed E-state index contributed by atoms with van der Waals surface area (Å²) in [6.45, 7) is 2.05. The minimum absolute atomic E-state index is 0.459. The van der Waals surface area contributed by atoms with Crippen LogP contribution in [0, 0.1) is 6.92 Å². The summed E-state index contributed by atoms with van der Waals surface area (Å²) < 4.78 is 0. The molecule has 1 aromatic carbocycles. The van der Waals surface area contributed by atoms with Crippen LogP contribution in [-0.2, 0) is 0 Å². The van der Waals surface area contributed by atoms with Crippen molar-refractivity contribution in [2.24, 2.45) is 0 Å². The van der Waals surface area contributed by atoms with Gasteiger partial charge in [0.15, 0.2) is 0 Å². The predicted octanol–water partition coefficient (Wildman–Crippen LogP) is 1.39. The topological polar surface area (TPSA) is 62.7 Å². The highest BCUT2D eigenvalue weighted by atomic mass is 15.4. The van der Waals surface area contributed by atoms with Crippen LogP contribution < -0.4 is 10.9 Å². The highest BCUT2D eigenvalue weighted by molar-refractivity contribution is 5.59. The van der Waals surface area contributed by atoms with Gasteiger partial charge in [-0.1, -0.05) is 29.8 Å². The Kier molecular flexibility index (Phi) is 3.07. The molecule has 0 saturated carbocycles. The first-order chi connectivity index (χ1) is 7.79. The van der Waals surface area contributed by atoms with E-state index in [0.29, 0.717) is 5.95 Å². The van der Waals surface area contributed by atoms with Crippen molar-refractivity contribution in [2.45, 2.75) is 6.92 Å². The molecule has 0 spiro atoms. The van der Waals surface area contributed by atoms with Crippen molar-refractivity contribution in [3.8, 4) is 11.3 Å². The van der Waals surface area contributed by atoms with E-state index in [0.717, 1.165) is 11.3 Å². The number of hydrazine groups is 1. The second-order valence-corrected chi connectivity index (χ2v) is 3.41. The highest BCUT2D eigenvalue weighted by Crippen LogP contribution is 2.16. The molecule has 0 aliphatic carbocycles. The zero-order valence-corrected chi connectivity index (χ0v) is 9.23. The van der Waals surface area contributed by atoms with E-state index in [-0.39, 0.29) is 0 Å². The van der Waals surface area contributed by atoms with E-state index >= 15 is 0 Å². The van der Waals surface area contributed by atoms with E-state index in [1.54, 1.807) is 13.2 Å². The van der Waals surface area contributed by atoms with Crippen LogP contribution in [0.5, 0.6) is 0 Å². The van der Waals surface area contributed by atoms with Gasteiger partial charge in [0.2, 0.25) is 0 Å². The Morgan fingerprint density at radius 2 is 1.88 bits per heavy atom. The number of anilines is 1. The maximum absolute atomic E-state index is 4.32. The van der Waals surface area contributed by atoms with E-state index in [1.807, 2.05) is 24.3 Å². The van der Waals surface area contributed by atoms with E-state index in [2.05, 4.69) is 33.0 Å².